The van der Waals surface area contributed by atoms with Crippen molar-refractivity contribution in [3.8, 4) is 17.0 Å². The molecule has 0 aromatic carbocycles. The van der Waals surface area contributed by atoms with E-state index in [4.69, 9.17) is 4.74 Å². The molecule has 3 aromatic rings. The molecule has 5 rings (SSSR count). The van der Waals surface area contributed by atoms with Gasteiger partial charge in [0.05, 0.1) is 36.8 Å². The van der Waals surface area contributed by atoms with Gasteiger partial charge in [-0.25, -0.2) is 27.7 Å². The number of alkyl halides is 1. The smallest absolute Gasteiger partial charge is 0.168 e. The maximum absolute atomic E-state index is 14.7. The van der Waals surface area contributed by atoms with Crippen LogP contribution >= 0.6 is 0 Å². The van der Waals surface area contributed by atoms with Crippen LogP contribution in [0.1, 0.15) is 30.9 Å². The highest BCUT2D eigenvalue weighted by Gasteiger charge is 2.30. The molecule has 2 N–H and O–H groups in total. The van der Waals surface area contributed by atoms with Crippen LogP contribution in [0.5, 0.6) is 5.75 Å². The van der Waals surface area contributed by atoms with E-state index in [1.807, 2.05) is 0 Å². The monoisotopic (exact) mass is 418 g/mol. The number of nitrogens with zero attached hydrogens (tertiary/aromatic N) is 4. The lowest BCUT2D eigenvalue weighted by atomic mass is 10.1. The molecule has 2 aliphatic rings. The summed E-state index contributed by atoms with van der Waals surface area (Å²) in [7, 11) is 1.57. The molecule has 2 fully saturated rings. The average molecular weight is 418 g/mol. The molecule has 0 radical (unpaired) electrons. The number of ether oxygens (including phenoxy) is 1. The molecular formula is C20H21F3N6O. The van der Waals surface area contributed by atoms with Crippen LogP contribution < -0.4 is 15.4 Å². The van der Waals surface area contributed by atoms with Gasteiger partial charge < -0.3 is 15.4 Å². The summed E-state index contributed by atoms with van der Waals surface area (Å²) in [6.07, 6.45) is 4.33. The molecule has 0 spiro atoms. The standard InChI is InChI=1S/C20H21F3N6O/c1-30-16-9-29-20(28-17(16)10-2-3-10)11(7-25-29)18-13(22)6-14(23)19(27-18)26-15-8-24-5-4-12(15)21/h6-7,9-10,12,15,24H,2-5,8H2,1H3,(H,26,27). The second-order valence-electron chi connectivity index (χ2n) is 7.70. The number of fused-ring (bicyclic) bond motifs is 1. The van der Waals surface area contributed by atoms with Gasteiger partial charge >= 0.3 is 0 Å². The van der Waals surface area contributed by atoms with E-state index in [1.165, 1.54) is 10.7 Å². The quantitative estimate of drug-likeness (QED) is 0.663. The second kappa shape index (κ2) is 7.42. The normalized spacial score (nSPS) is 21.7. The maximum atomic E-state index is 14.7. The molecule has 1 saturated carbocycles. The minimum atomic E-state index is -1.15. The Morgan fingerprint density at radius 1 is 1.20 bits per heavy atom. The summed E-state index contributed by atoms with van der Waals surface area (Å²) in [5.41, 5.74) is 1.44. The Labute approximate surface area is 170 Å². The summed E-state index contributed by atoms with van der Waals surface area (Å²) in [6.45, 7) is 0.891. The minimum Gasteiger partial charge on any atom is -0.493 e. The molecule has 3 aromatic heterocycles. The maximum Gasteiger partial charge on any atom is 0.168 e. The van der Waals surface area contributed by atoms with Crippen LogP contribution in [-0.2, 0) is 0 Å². The molecule has 158 valence electrons. The molecule has 0 bridgehead atoms. The first-order chi connectivity index (χ1) is 14.5. The number of aromatic nitrogens is 4. The predicted molar refractivity (Wildman–Crippen MR) is 104 cm³/mol. The molecule has 30 heavy (non-hydrogen) atoms. The minimum absolute atomic E-state index is 0.0903. The lowest BCUT2D eigenvalue weighted by molar-refractivity contribution is 0.240. The number of piperidine rings is 1. The van der Waals surface area contributed by atoms with Gasteiger partial charge in [-0.3, -0.25) is 0 Å². The van der Waals surface area contributed by atoms with E-state index in [0.29, 0.717) is 42.4 Å². The molecule has 2 unspecified atom stereocenters. The van der Waals surface area contributed by atoms with Crippen molar-refractivity contribution in [2.45, 2.75) is 37.4 Å². The molecule has 1 aliphatic heterocycles. The third kappa shape index (κ3) is 3.34. The topological polar surface area (TPSA) is 76.4 Å². The summed E-state index contributed by atoms with van der Waals surface area (Å²) in [6, 6.07) is 0.107. The van der Waals surface area contributed by atoms with E-state index >= 15 is 0 Å². The van der Waals surface area contributed by atoms with E-state index in [-0.39, 0.29) is 11.5 Å². The summed E-state index contributed by atoms with van der Waals surface area (Å²) in [5.74, 6) is -0.987. The van der Waals surface area contributed by atoms with Gasteiger partial charge in [-0.15, -0.1) is 0 Å². The Morgan fingerprint density at radius 2 is 2.03 bits per heavy atom. The van der Waals surface area contributed by atoms with Crippen LogP contribution in [0, 0.1) is 11.6 Å². The van der Waals surface area contributed by atoms with Crippen LogP contribution in [0.4, 0.5) is 19.0 Å². The van der Waals surface area contributed by atoms with E-state index in [2.05, 4.69) is 25.7 Å². The zero-order valence-electron chi connectivity index (χ0n) is 16.3. The Hall–Kier alpha value is -2.88. The number of hydrogen-bond acceptors (Lipinski definition) is 6. The van der Waals surface area contributed by atoms with E-state index in [1.54, 1.807) is 13.3 Å². The van der Waals surface area contributed by atoms with Gasteiger partial charge in [0.2, 0.25) is 0 Å². The Kier molecular flexibility index (Phi) is 4.73. The third-order valence-electron chi connectivity index (χ3n) is 5.58. The number of nitrogens with one attached hydrogen (secondary N) is 2. The number of pyridine rings is 1. The molecule has 10 heteroatoms. The van der Waals surface area contributed by atoms with Crippen molar-refractivity contribution in [1.82, 2.24) is 24.9 Å². The fraction of sp³-hybridized carbons (Fsp3) is 0.450. The lowest BCUT2D eigenvalue weighted by Gasteiger charge is -2.28. The van der Waals surface area contributed by atoms with Crippen LogP contribution in [0.3, 0.4) is 0 Å². The number of anilines is 1. The van der Waals surface area contributed by atoms with Gasteiger partial charge in [-0.1, -0.05) is 0 Å². The van der Waals surface area contributed by atoms with E-state index in [9.17, 15) is 13.2 Å². The first-order valence-corrected chi connectivity index (χ1v) is 9.95. The Morgan fingerprint density at radius 3 is 2.77 bits per heavy atom. The Bertz CT molecular complexity index is 1100. The molecule has 2 atom stereocenters. The van der Waals surface area contributed by atoms with Gasteiger partial charge in [-0.2, -0.15) is 5.10 Å². The van der Waals surface area contributed by atoms with E-state index in [0.717, 1.165) is 24.6 Å². The fourth-order valence-corrected chi connectivity index (χ4v) is 3.78. The van der Waals surface area contributed by atoms with Crippen molar-refractivity contribution in [2.24, 2.45) is 0 Å². The summed E-state index contributed by atoms with van der Waals surface area (Å²) in [5, 5.41) is 10.1. The summed E-state index contributed by atoms with van der Waals surface area (Å²) in [4.78, 5) is 8.80. The highest BCUT2D eigenvalue weighted by Crippen LogP contribution is 2.43. The lowest BCUT2D eigenvalue weighted by Crippen LogP contribution is -2.46. The Balaban J connectivity index is 1.56. The highest BCUT2D eigenvalue weighted by molar-refractivity contribution is 5.76. The van der Waals surface area contributed by atoms with Crippen molar-refractivity contribution < 1.29 is 17.9 Å². The van der Waals surface area contributed by atoms with Crippen molar-refractivity contribution >= 4 is 11.5 Å². The average Bonchev–Trinajstić information content (AvgIpc) is 3.51. The van der Waals surface area contributed by atoms with Gasteiger partial charge in [0.25, 0.3) is 0 Å². The second-order valence-corrected chi connectivity index (χ2v) is 7.70. The van der Waals surface area contributed by atoms with Gasteiger partial charge in [0, 0.05) is 18.5 Å². The molecule has 4 heterocycles. The number of hydrogen-bond donors (Lipinski definition) is 2. The van der Waals surface area contributed by atoms with E-state index < -0.39 is 23.8 Å². The van der Waals surface area contributed by atoms with Crippen LogP contribution in [0.15, 0.2) is 18.5 Å². The first-order valence-electron chi connectivity index (χ1n) is 9.95. The largest absolute Gasteiger partial charge is 0.493 e. The van der Waals surface area contributed by atoms with Crippen LogP contribution in [0.2, 0.25) is 0 Å². The number of rotatable bonds is 5. The van der Waals surface area contributed by atoms with Crippen LogP contribution in [-0.4, -0.2) is 52.0 Å². The predicted octanol–water partition coefficient (Wildman–Crippen LogP) is 3.07. The first kappa shape index (κ1) is 19.1. The SMILES string of the molecule is COc1cn2ncc(-c3nc(NC4CNCCC4F)c(F)cc3F)c2nc1C1CC1. The molecule has 1 aliphatic carbocycles. The highest BCUT2D eigenvalue weighted by atomic mass is 19.1. The zero-order chi connectivity index (χ0) is 20.8. The van der Waals surface area contributed by atoms with Gasteiger partial charge in [-0.05, 0) is 25.8 Å². The number of methoxy groups -OCH3 is 1. The zero-order valence-corrected chi connectivity index (χ0v) is 16.3. The van der Waals surface area contributed by atoms with Gasteiger partial charge in [0.15, 0.2) is 28.8 Å². The molecular weight excluding hydrogens is 397 g/mol. The fourth-order valence-electron chi connectivity index (χ4n) is 3.78. The van der Waals surface area contributed by atoms with Crippen molar-refractivity contribution in [3.63, 3.8) is 0 Å². The molecule has 7 nitrogen and oxygen atoms in total. The summed E-state index contributed by atoms with van der Waals surface area (Å²) >= 11 is 0. The third-order valence-corrected chi connectivity index (χ3v) is 5.58. The van der Waals surface area contributed by atoms with Crippen molar-refractivity contribution in [3.05, 3.63) is 35.8 Å². The van der Waals surface area contributed by atoms with Crippen LogP contribution in [0.25, 0.3) is 16.9 Å². The van der Waals surface area contributed by atoms with Gasteiger partial charge in [0.1, 0.15) is 11.9 Å². The summed E-state index contributed by atoms with van der Waals surface area (Å²) < 4.78 is 50.1. The molecule has 1 saturated heterocycles. The van der Waals surface area contributed by atoms with Crippen molar-refractivity contribution in [2.75, 3.05) is 25.5 Å². The molecule has 0 amide bonds. The number of halogens is 3. The van der Waals surface area contributed by atoms with Crippen molar-refractivity contribution in [1.29, 1.82) is 0 Å².